The number of fused-ring (bicyclic) bond motifs is 5. The highest BCUT2D eigenvalue weighted by atomic mass is 19.1. The van der Waals surface area contributed by atoms with Crippen LogP contribution in [0.3, 0.4) is 0 Å². The summed E-state index contributed by atoms with van der Waals surface area (Å²) in [6, 6.07) is 8.40. The molecule has 0 bridgehead atoms. The number of aromatic nitrogens is 4. The van der Waals surface area contributed by atoms with Gasteiger partial charge in [0.05, 0.1) is 35.7 Å². The number of hydrogen-bond acceptors (Lipinski definition) is 9. The van der Waals surface area contributed by atoms with Gasteiger partial charge in [-0.1, -0.05) is 6.07 Å². The van der Waals surface area contributed by atoms with Crippen molar-refractivity contribution in [2.45, 2.75) is 88.4 Å². The van der Waals surface area contributed by atoms with Crippen LogP contribution in [-0.2, 0) is 42.9 Å². The summed E-state index contributed by atoms with van der Waals surface area (Å²) < 4.78 is 29.8. The lowest BCUT2D eigenvalue weighted by Crippen LogP contribution is -2.44. The summed E-state index contributed by atoms with van der Waals surface area (Å²) >= 11 is 0. The minimum atomic E-state index is -0.828. The molecule has 2 aromatic heterocycles. The van der Waals surface area contributed by atoms with Crippen molar-refractivity contribution in [3.63, 3.8) is 0 Å². The van der Waals surface area contributed by atoms with Crippen LogP contribution in [0.15, 0.2) is 24.3 Å². The SMILES string of the molecule is CN(C)C(=O)c1cc2n(n1)CCCN(c1nc(OCC34CCCN3CC(F)C4)nc3c1COC1(CCCc4ccc(N)cc41)C3)C2. The monoisotopic (exact) mass is 630 g/mol. The van der Waals surface area contributed by atoms with Gasteiger partial charge in [-0.15, -0.1) is 0 Å². The first-order valence-electron chi connectivity index (χ1n) is 16.7. The van der Waals surface area contributed by atoms with Gasteiger partial charge in [0, 0.05) is 57.8 Å². The van der Waals surface area contributed by atoms with Crippen LogP contribution in [0.25, 0.3) is 0 Å². The van der Waals surface area contributed by atoms with E-state index in [9.17, 15) is 9.18 Å². The number of carbonyl (C=O) groups excluding carboxylic acids is 1. The third kappa shape index (κ3) is 5.00. The van der Waals surface area contributed by atoms with Crippen LogP contribution in [0.2, 0.25) is 0 Å². The van der Waals surface area contributed by atoms with Gasteiger partial charge in [0.25, 0.3) is 5.91 Å². The molecular weight excluding hydrogens is 587 g/mol. The molecule has 2 fully saturated rings. The molecule has 2 N–H and O–H groups in total. The molecule has 46 heavy (non-hydrogen) atoms. The maximum atomic E-state index is 14.6. The third-order valence-electron chi connectivity index (χ3n) is 10.8. The molecule has 0 saturated carbocycles. The molecule has 5 aliphatic rings. The predicted octanol–water partition coefficient (Wildman–Crippen LogP) is 3.63. The summed E-state index contributed by atoms with van der Waals surface area (Å²) in [4.78, 5) is 28.9. The molecule has 3 atom stereocenters. The highest BCUT2D eigenvalue weighted by molar-refractivity contribution is 5.92. The molecule has 12 heteroatoms. The van der Waals surface area contributed by atoms with E-state index >= 15 is 0 Å². The molecule has 4 aliphatic heterocycles. The maximum absolute atomic E-state index is 14.6. The Morgan fingerprint density at radius 3 is 2.91 bits per heavy atom. The molecule has 8 rings (SSSR count). The number of ether oxygens (including phenoxy) is 2. The van der Waals surface area contributed by atoms with Gasteiger partial charge >= 0.3 is 6.01 Å². The number of alkyl halides is 1. The van der Waals surface area contributed by atoms with Crippen LogP contribution >= 0.6 is 0 Å². The Labute approximate surface area is 268 Å². The van der Waals surface area contributed by atoms with E-state index in [2.05, 4.69) is 27.0 Å². The Morgan fingerprint density at radius 2 is 2.04 bits per heavy atom. The lowest BCUT2D eigenvalue weighted by Gasteiger charge is -2.43. The van der Waals surface area contributed by atoms with E-state index in [1.165, 1.54) is 5.56 Å². The van der Waals surface area contributed by atoms with Crippen molar-refractivity contribution < 1.29 is 18.7 Å². The average molecular weight is 631 g/mol. The number of benzene rings is 1. The summed E-state index contributed by atoms with van der Waals surface area (Å²) in [6.07, 6.45) is 5.99. The van der Waals surface area contributed by atoms with Gasteiger partial charge in [0.15, 0.2) is 5.69 Å². The second-order valence-corrected chi connectivity index (χ2v) is 14.1. The van der Waals surface area contributed by atoms with Crippen LogP contribution in [0.4, 0.5) is 15.9 Å². The van der Waals surface area contributed by atoms with Gasteiger partial charge in [-0.3, -0.25) is 14.4 Å². The van der Waals surface area contributed by atoms with Gasteiger partial charge in [0.2, 0.25) is 0 Å². The lowest BCUT2D eigenvalue weighted by molar-refractivity contribution is -0.0855. The van der Waals surface area contributed by atoms with E-state index in [-0.39, 0.29) is 11.4 Å². The Balaban J connectivity index is 1.16. The van der Waals surface area contributed by atoms with E-state index in [0.29, 0.717) is 57.4 Å². The van der Waals surface area contributed by atoms with Crippen LogP contribution in [0, 0.1) is 0 Å². The first-order chi connectivity index (χ1) is 22.2. The number of nitrogens with zero attached hydrogens (tertiary/aromatic N) is 7. The summed E-state index contributed by atoms with van der Waals surface area (Å²) in [5.74, 6) is 0.682. The quantitative estimate of drug-likeness (QED) is 0.422. The molecule has 0 radical (unpaired) electrons. The normalized spacial score (nSPS) is 27.1. The molecule has 3 unspecified atom stereocenters. The summed E-state index contributed by atoms with van der Waals surface area (Å²) in [5.41, 5.74) is 12.0. The largest absolute Gasteiger partial charge is 0.461 e. The van der Waals surface area contributed by atoms with Gasteiger partial charge in [-0.25, -0.2) is 4.39 Å². The lowest BCUT2D eigenvalue weighted by atomic mass is 9.74. The van der Waals surface area contributed by atoms with Gasteiger partial charge in [-0.2, -0.15) is 15.1 Å². The van der Waals surface area contributed by atoms with Crippen LogP contribution in [0.1, 0.15) is 77.1 Å². The van der Waals surface area contributed by atoms with E-state index in [1.807, 2.05) is 16.8 Å². The maximum Gasteiger partial charge on any atom is 0.318 e. The van der Waals surface area contributed by atoms with Crippen LogP contribution < -0.4 is 15.4 Å². The first kappa shape index (κ1) is 29.6. The van der Waals surface area contributed by atoms with E-state index < -0.39 is 11.8 Å². The minimum absolute atomic E-state index is 0.114. The van der Waals surface area contributed by atoms with Crippen molar-refractivity contribution in [2.75, 3.05) is 51.0 Å². The van der Waals surface area contributed by atoms with Crippen molar-refractivity contribution in [2.24, 2.45) is 0 Å². The molecule has 1 spiro atoms. The Hall–Kier alpha value is -3.77. The second kappa shape index (κ2) is 11.2. The Morgan fingerprint density at radius 1 is 1.15 bits per heavy atom. The Bertz CT molecular complexity index is 1680. The standard InChI is InChI=1S/C34H43FN8O3/c1-40(2)31(44)28-15-25-19-41(11-5-13-43(25)39-28)30-26-20-46-34(10-3-6-22-7-8-24(36)14-27(22)34)17-29(26)37-32(38-30)45-21-33-9-4-12-42(33)18-23(35)16-33/h7-8,14-15,23H,3-6,9-13,16-21,36H2,1-2H3. The Kier molecular flexibility index (Phi) is 7.20. The second-order valence-electron chi connectivity index (χ2n) is 14.1. The number of amides is 1. The zero-order valence-electron chi connectivity index (χ0n) is 26.8. The summed E-state index contributed by atoms with van der Waals surface area (Å²) in [5, 5.41) is 4.63. The topological polar surface area (TPSA) is 115 Å². The highest BCUT2D eigenvalue weighted by Gasteiger charge is 2.50. The molecule has 1 aliphatic carbocycles. The van der Waals surface area contributed by atoms with Crippen molar-refractivity contribution in [1.82, 2.24) is 29.5 Å². The molecule has 11 nitrogen and oxygen atoms in total. The number of carbonyl (C=O) groups is 1. The molecular formula is C34H43FN8O3. The highest BCUT2D eigenvalue weighted by Crippen LogP contribution is 2.47. The van der Waals surface area contributed by atoms with Gasteiger partial charge in [0.1, 0.15) is 18.6 Å². The average Bonchev–Trinajstić information content (AvgIpc) is 3.66. The zero-order valence-corrected chi connectivity index (χ0v) is 26.8. The van der Waals surface area contributed by atoms with Gasteiger partial charge < -0.3 is 25.0 Å². The number of rotatable bonds is 5. The van der Waals surface area contributed by atoms with Gasteiger partial charge in [-0.05, 0) is 74.4 Å². The third-order valence-corrected chi connectivity index (χ3v) is 10.8. The van der Waals surface area contributed by atoms with E-state index in [0.717, 1.165) is 85.6 Å². The molecule has 1 aromatic carbocycles. The molecule has 3 aromatic rings. The number of hydrogen-bond donors (Lipinski definition) is 1. The number of anilines is 2. The number of nitrogen functional groups attached to an aromatic ring is 1. The van der Waals surface area contributed by atoms with E-state index in [4.69, 9.17) is 25.2 Å². The molecule has 6 heterocycles. The molecule has 1 amide bonds. The fourth-order valence-corrected chi connectivity index (χ4v) is 8.54. The number of nitrogens with two attached hydrogens (primary N) is 1. The van der Waals surface area contributed by atoms with Crippen LogP contribution in [-0.4, -0.2) is 87.5 Å². The smallest absolute Gasteiger partial charge is 0.318 e. The van der Waals surface area contributed by atoms with Crippen molar-refractivity contribution in [3.8, 4) is 6.01 Å². The fraction of sp³-hybridized carbons (Fsp3) is 0.588. The summed E-state index contributed by atoms with van der Waals surface area (Å²) in [6.45, 7) is 4.14. The zero-order chi connectivity index (χ0) is 31.6. The van der Waals surface area contributed by atoms with E-state index in [1.54, 1.807) is 19.0 Å². The number of aryl methyl sites for hydroxylation is 2. The fourth-order valence-electron chi connectivity index (χ4n) is 8.54. The molecule has 244 valence electrons. The van der Waals surface area contributed by atoms with Crippen molar-refractivity contribution in [3.05, 3.63) is 58.0 Å². The van der Waals surface area contributed by atoms with Crippen LogP contribution in [0.5, 0.6) is 6.01 Å². The predicted molar refractivity (Wildman–Crippen MR) is 170 cm³/mol. The number of halogens is 1. The van der Waals surface area contributed by atoms with Crippen molar-refractivity contribution in [1.29, 1.82) is 0 Å². The summed E-state index contributed by atoms with van der Waals surface area (Å²) in [7, 11) is 3.48. The first-order valence-corrected chi connectivity index (χ1v) is 16.7. The van der Waals surface area contributed by atoms with Crippen molar-refractivity contribution >= 4 is 17.4 Å². The minimum Gasteiger partial charge on any atom is -0.461 e. The molecule has 2 saturated heterocycles.